The van der Waals surface area contributed by atoms with Gasteiger partial charge >= 0.3 is 0 Å². The Kier molecular flexibility index (Phi) is 8.08. The minimum absolute atomic E-state index is 0.147. The van der Waals surface area contributed by atoms with E-state index in [1.165, 1.54) is 10.6 Å². The summed E-state index contributed by atoms with van der Waals surface area (Å²) < 4.78 is 36.7. The van der Waals surface area contributed by atoms with Crippen molar-refractivity contribution in [3.63, 3.8) is 0 Å². The summed E-state index contributed by atoms with van der Waals surface area (Å²) in [6.45, 7) is 3.03. The molecule has 0 aliphatic heterocycles. The number of nitrogens with one attached hydrogen (secondary N) is 1. The molecule has 0 radical (unpaired) electrons. The van der Waals surface area contributed by atoms with Crippen LogP contribution in [0.5, 0.6) is 5.75 Å². The van der Waals surface area contributed by atoms with E-state index in [4.69, 9.17) is 9.47 Å². The number of ether oxygens (including phenoxy) is 2. The lowest BCUT2D eigenvalue weighted by Crippen LogP contribution is -2.29. The molecule has 0 aromatic heterocycles. The number of rotatable bonds is 10. The van der Waals surface area contributed by atoms with Crippen LogP contribution in [-0.2, 0) is 27.9 Å². The maximum absolute atomic E-state index is 12.6. The predicted octanol–water partition coefficient (Wildman–Crippen LogP) is 4.45. The van der Waals surface area contributed by atoms with Gasteiger partial charge < -0.3 is 14.8 Å². The molecule has 0 aliphatic carbocycles. The number of hydrogen-bond donors (Lipinski definition) is 1. The number of sulfonamides is 1. The second kappa shape index (κ2) is 11.0. The molecule has 174 valence electrons. The highest BCUT2D eigenvalue weighted by atomic mass is 32.2. The SMILES string of the molecule is CCOc1ccc(N(Cc2ccc(C(=O)Nc3cccc(COC)c3)cc2)S(C)(=O)=O)cc1. The predicted molar refractivity (Wildman–Crippen MR) is 130 cm³/mol. The Bertz CT molecular complexity index is 1180. The van der Waals surface area contributed by atoms with Crippen LogP contribution in [0.4, 0.5) is 11.4 Å². The summed E-state index contributed by atoms with van der Waals surface area (Å²) in [4.78, 5) is 12.6. The van der Waals surface area contributed by atoms with Crippen molar-refractivity contribution in [3.05, 3.63) is 89.5 Å². The lowest BCUT2D eigenvalue weighted by Gasteiger charge is -2.23. The van der Waals surface area contributed by atoms with Crippen LogP contribution < -0.4 is 14.4 Å². The molecule has 0 fully saturated rings. The summed E-state index contributed by atoms with van der Waals surface area (Å²) >= 11 is 0. The van der Waals surface area contributed by atoms with Crippen molar-refractivity contribution in [2.24, 2.45) is 0 Å². The first kappa shape index (κ1) is 24.3. The topological polar surface area (TPSA) is 84.9 Å². The maximum Gasteiger partial charge on any atom is 0.255 e. The number of hydrogen-bond acceptors (Lipinski definition) is 5. The molecule has 0 saturated heterocycles. The first-order valence-electron chi connectivity index (χ1n) is 10.5. The molecule has 0 aliphatic rings. The van der Waals surface area contributed by atoms with E-state index in [2.05, 4.69) is 5.32 Å². The molecular formula is C25H28N2O5S. The maximum atomic E-state index is 12.6. The van der Waals surface area contributed by atoms with Crippen molar-refractivity contribution in [1.82, 2.24) is 0 Å². The van der Waals surface area contributed by atoms with Crippen LogP contribution in [0.2, 0.25) is 0 Å². The number of carbonyl (C=O) groups excluding carboxylic acids is 1. The van der Waals surface area contributed by atoms with Gasteiger partial charge in [0.15, 0.2) is 0 Å². The highest BCUT2D eigenvalue weighted by Crippen LogP contribution is 2.24. The normalized spacial score (nSPS) is 11.1. The Morgan fingerprint density at radius 1 is 0.970 bits per heavy atom. The van der Waals surface area contributed by atoms with Crippen molar-refractivity contribution in [1.29, 1.82) is 0 Å². The number of benzene rings is 3. The summed E-state index contributed by atoms with van der Waals surface area (Å²) in [6.07, 6.45) is 1.17. The third-order valence-corrected chi connectivity index (χ3v) is 6.01. The van der Waals surface area contributed by atoms with E-state index >= 15 is 0 Å². The second-order valence-electron chi connectivity index (χ2n) is 7.48. The van der Waals surface area contributed by atoms with E-state index in [-0.39, 0.29) is 12.5 Å². The Labute approximate surface area is 195 Å². The Balaban J connectivity index is 1.72. The lowest BCUT2D eigenvalue weighted by atomic mass is 10.1. The molecule has 0 spiro atoms. The zero-order valence-electron chi connectivity index (χ0n) is 18.9. The van der Waals surface area contributed by atoms with Crippen molar-refractivity contribution in [2.45, 2.75) is 20.1 Å². The first-order valence-corrected chi connectivity index (χ1v) is 12.3. The molecule has 0 saturated carbocycles. The van der Waals surface area contributed by atoms with Crippen molar-refractivity contribution >= 4 is 27.3 Å². The van der Waals surface area contributed by atoms with Gasteiger partial charge in [0.2, 0.25) is 10.0 Å². The van der Waals surface area contributed by atoms with Crippen LogP contribution in [0.25, 0.3) is 0 Å². The standard InChI is InChI=1S/C25H28N2O5S/c1-4-32-24-14-12-23(13-15-24)27(33(3,29)30)17-19-8-10-21(11-9-19)25(28)26-22-7-5-6-20(16-22)18-31-2/h5-16H,4,17-18H2,1-3H3,(H,26,28). The number of nitrogens with zero attached hydrogens (tertiary/aromatic N) is 1. The summed E-state index contributed by atoms with van der Waals surface area (Å²) in [6, 6.07) is 21.2. The van der Waals surface area contributed by atoms with Crippen LogP contribution >= 0.6 is 0 Å². The number of methoxy groups -OCH3 is 1. The van der Waals surface area contributed by atoms with Gasteiger partial charge in [-0.25, -0.2) is 8.42 Å². The van der Waals surface area contributed by atoms with Crippen LogP contribution in [0, 0.1) is 0 Å². The molecule has 3 aromatic carbocycles. The summed E-state index contributed by atoms with van der Waals surface area (Å²) in [7, 11) is -1.90. The van der Waals surface area contributed by atoms with E-state index in [0.29, 0.717) is 35.9 Å². The summed E-state index contributed by atoms with van der Waals surface area (Å²) in [5, 5.41) is 2.87. The van der Waals surface area contributed by atoms with Gasteiger partial charge in [-0.05, 0) is 66.6 Å². The molecule has 3 rings (SSSR count). The molecule has 8 heteroatoms. The highest BCUT2D eigenvalue weighted by Gasteiger charge is 2.18. The third-order valence-electron chi connectivity index (χ3n) is 4.87. The Hall–Kier alpha value is -3.36. The van der Waals surface area contributed by atoms with Crippen LogP contribution in [0.15, 0.2) is 72.8 Å². The molecule has 33 heavy (non-hydrogen) atoms. The molecular weight excluding hydrogens is 440 g/mol. The van der Waals surface area contributed by atoms with E-state index in [1.807, 2.05) is 31.2 Å². The zero-order valence-corrected chi connectivity index (χ0v) is 19.8. The fourth-order valence-corrected chi connectivity index (χ4v) is 4.20. The summed E-state index contributed by atoms with van der Waals surface area (Å²) in [5.74, 6) is 0.431. The van der Waals surface area contributed by atoms with Gasteiger partial charge in [0, 0.05) is 18.4 Å². The molecule has 7 nitrogen and oxygen atoms in total. The number of anilines is 2. The molecule has 0 bridgehead atoms. The minimum Gasteiger partial charge on any atom is -0.494 e. The lowest BCUT2D eigenvalue weighted by molar-refractivity contribution is 0.102. The van der Waals surface area contributed by atoms with Gasteiger partial charge in [-0.15, -0.1) is 0 Å². The van der Waals surface area contributed by atoms with Gasteiger partial charge in [-0.3, -0.25) is 9.10 Å². The molecule has 0 atom stereocenters. The highest BCUT2D eigenvalue weighted by molar-refractivity contribution is 7.92. The quantitative estimate of drug-likeness (QED) is 0.475. The van der Waals surface area contributed by atoms with Crippen LogP contribution in [-0.4, -0.2) is 34.3 Å². The van der Waals surface area contributed by atoms with Gasteiger partial charge in [0.25, 0.3) is 5.91 Å². The van der Waals surface area contributed by atoms with Gasteiger partial charge in [0.1, 0.15) is 5.75 Å². The van der Waals surface area contributed by atoms with Gasteiger partial charge in [0.05, 0.1) is 31.7 Å². The molecule has 0 heterocycles. The molecule has 3 aromatic rings. The van der Waals surface area contributed by atoms with E-state index in [9.17, 15) is 13.2 Å². The average Bonchev–Trinajstić information content (AvgIpc) is 2.78. The van der Waals surface area contributed by atoms with Crippen molar-refractivity contribution in [2.75, 3.05) is 29.6 Å². The van der Waals surface area contributed by atoms with Crippen LogP contribution in [0.3, 0.4) is 0 Å². The average molecular weight is 469 g/mol. The van der Waals surface area contributed by atoms with Crippen molar-refractivity contribution in [3.8, 4) is 5.75 Å². The minimum atomic E-state index is -3.51. The molecule has 1 N–H and O–H groups in total. The fraction of sp³-hybridized carbons (Fsp3) is 0.240. The van der Waals surface area contributed by atoms with E-state index in [0.717, 1.165) is 11.1 Å². The van der Waals surface area contributed by atoms with E-state index in [1.54, 1.807) is 55.6 Å². The van der Waals surface area contributed by atoms with E-state index < -0.39 is 10.0 Å². The van der Waals surface area contributed by atoms with Crippen molar-refractivity contribution < 1.29 is 22.7 Å². The smallest absolute Gasteiger partial charge is 0.255 e. The zero-order chi connectivity index (χ0) is 23.8. The first-order chi connectivity index (χ1) is 15.8. The third kappa shape index (κ3) is 6.81. The van der Waals surface area contributed by atoms with Gasteiger partial charge in [-0.1, -0.05) is 24.3 Å². The largest absolute Gasteiger partial charge is 0.494 e. The Morgan fingerprint density at radius 3 is 2.27 bits per heavy atom. The number of amides is 1. The fourth-order valence-electron chi connectivity index (χ4n) is 3.31. The van der Waals surface area contributed by atoms with Crippen LogP contribution in [0.1, 0.15) is 28.4 Å². The molecule has 1 amide bonds. The van der Waals surface area contributed by atoms with Gasteiger partial charge in [-0.2, -0.15) is 0 Å². The second-order valence-corrected chi connectivity index (χ2v) is 9.39. The molecule has 0 unspecified atom stereocenters. The number of carbonyl (C=O) groups is 1. The monoisotopic (exact) mass is 468 g/mol. The Morgan fingerprint density at radius 2 is 1.67 bits per heavy atom. The summed E-state index contributed by atoms with van der Waals surface area (Å²) in [5.41, 5.74) is 3.41.